The summed E-state index contributed by atoms with van der Waals surface area (Å²) in [5.41, 5.74) is 9.28. The van der Waals surface area contributed by atoms with Crippen molar-refractivity contribution in [3.05, 3.63) is 0 Å². The van der Waals surface area contributed by atoms with Gasteiger partial charge in [-0.3, -0.25) is 14.4 Å². The predicted octanol–water partition coefficient (Wildman–Crippen LogP) is -1.54. The van der Waals surface area contributed by atoms with Crippen LogP contribution in [0.4, 0.5) is 9.59 Å². The number of carbonyl (C=O) groups is 5. The summed E-state index contributed by atoms with van der Waals surface area (Å²) in [4.78, 5) is 57.9. The Balaban J connectivity index is 4.75. The lowest BCUT2D eigenvalue weighted by Crippen LogP contribution is -2.60. The van der Waals surface area contributed by atoms with Crippen LogP contribution in [0.15, 0.2) is 0 Å². The zero-order valence-corrected chi connectivity index (χ0v) is 15.8. The predicted molar refractivity (Wildman–Crippen MR) is 91.8 cm³/mol. The standard InChI is InChI=1S/C12H20Cl2N6O7/c1-7(17-12(25)27-6-14)10(23)19-20(18-8(21)4-15)9(22)2-3-16-11(24)26-5-13/h7H,2-6,15H2,1H3,(H,16,24)(H,17,25)(H,18,21)(H,19,23). The lowest BCUT2D eigenvalue weighted by molar-refractivity contribution is -0.150. The SMILES string of the molecule is CC(NC(=O)OCCl)C(=O)NN(NC(=O)CN)C(=O)CCNC(=O)OCCl. The van der Waals surface area contributed by atoms with Gasteiger partial charge in [-0.05, 0) is 6.92 Å². The zero-order chi connectivity index (χ0) is 20.8. The molecule has 0 radical (unpaired) electrons. The third-order valence-corrected chi connectivity index (χ3v) is 2.82. The number of rotatable bonds is 8. The van der Waals surface area contributed by atoms with Gasteiger partial charge in [0.1, 0.15) is 6.04 Å². The summed E-state index contributed by atoms with van der Waals surface area (Å²) in [6, 6.07) is -1.93. The summed E-state index contributed by atoms with van der Waals surface area (Å²) >= 11 is 10.4. The van der Waals surface area contributed by atoms with E-state index in [9.17, 15) is 24.0 Å². The molecule has 5 amide bonds. The van der Waals surface area contributed by atoms with E-state index in [1.54, 1.807) is 0 Å². The highest BCUT2D eigenvalue weighted by Crippen LogP contribution is 1.92. The molecule has 0 aromatic heterocycles. The Bertz CT molecular complexity index is 550. The van der Waals surface area contributed by atoms with Gasteiger partial charge in [0, 0.05) is 13.0 Å². The van der Waals surface area contributed by atoms with Crippen LogP contribution in [0.5, 0.6) is 0 Å². The summed E-state index contributed by atoms with van der Waals surface area (Å²) < 4.78 is 8.79. The molecule has 0 heterocycles. The first-order valence-corrected chi connectivity index (χ1v) is 8.40. The molecule has 15 heteroatoms. The van der Waals surface area contributed by atoms with E-state index in [0.717, 1.165) is 0 Å². The van der Waals surface area contributed by atoms with E-state index in [0.29, 0.717) is 5.12 Å². The van der Waals surface area contributed by atoms with E-state index in [4.69, 9.17) is 28.9 Å². The van der Waals surface area contributed by atoms with Crippen LogP contribution in [0, 0.1) is 0 Å². The fourth-order valence-electron chi connectivity index (χ4n) is 1.35. The second-order valence-electron chi connectivity index (χ2n) is 4.57. The zero-order valence-electron chi connectivity index (χ0n) is 14.3. The van der Waals surface area contributed by atoms with Gasteiger partial charge in [-0.1, -0.05) is 23.2 Å². The van der Waals surface area contributed by atoms with Gasteiger partial charge in [0.2, 0.25) is 0 Å². The first-order valence-electron chi connectivity index (χ1n) is 7.34. The van der Waals surface area contributed by atoms with Crippen LogP contribution in [-0.4, -0.2) is 66.3 Å². The van der Waals surface area contributed by atoms with Crippen molar-refractivity contribution in [1.82, 2.24) is 26.6 Å². The number of nitrogens with two attached hydrogens (primary N) is 1. The molecular weight excluding hydrogens is 411 g/mol. The summed E-state index contributed by atoms with van der Waals surface area (Å²) in [5.74, 6) is -2.44. The van der Waals surface area contributed by atoms with Gasteiger partial charge >= 0.3 is 12.2 Å². The Morgan fingerprint density at radius 1 is 1.04 bits per heavy atom. The molecule has 154 valence electrons. The van der Waals surface area contributed by atoms with Crippen molar-refractivity contribution in [3.8, 4) is 0 Å². The van der Waals surface area contributed by atoms with Crippen molar-refractivity contribution in [3.63, 3.8) is 0 Å². The van der Waals surface area contributed by atoms with Gasteiger partial charge in [0.15, 0.2) is 12.1 Å². The lowest BCUT2D eigenvalue weighted by Gasteiger charge is -2.25. The quantitative estimate of drug-likeness (QED) is 0.226. The number of hydrazine groups is 2. The van der Waals surface area contributed by atoms with Crippen molar-refractivity contribution in [1.29, 1.82) is 0 Å². The summed E-state index contributed by atoms with van der Waals surface area (Å²) in [6.07, 6.45) is -2.13. The average Bonchev–Trinajstić information content (AvgIpc) is 2.60. The minimum Gasteiger partial charge on any atom is -0.433 e. The minimum atomic E-state index is -1.14. The molecule has 0 aromatic carbocycles. The third-order valence-electron chi connectivity index (χ3n) is 2.60. The largest absolute Gasteiger partial charge is 0.433 e. The molecule has 0 aliphatic carbocycles. The van der Waals surface area contributed by atoms with Crippen molar-refractivity contribution < 1.29 is 33.4 Å². The first kappa shape index (κ1) is 24.5. The average molecular weight is 431 g/mol. The van der Waals surface area contributed by atoms with Gasteiger partial charge in [0.05, 0.1) is 6.54 Å². The number of amides is 5. The Morgan fingerprint density at radius 3 is 2.19 bits per heavy atom. The monoisotopic (exact) mass is 430 g/mol. The molecular formula is C12H20Cl2N6O7. The van der Waals surface area contributed by atoms with Crippen LogP contribution in [0.3, 0.4) is 0 Å². The number of hydrogen-bond acceptors (Lipinski definition) is 8. The topological polar surface area (TPSA) is 181 Å². The van der Waals surface area contributed by atoms with Crippen LogP contribution in [-0.2, 0) is 23.9 Å². The molecule has 0 bridgehead atoms. The number of carbonyl (C=O) groups excluding carboxylic acids is 5. The lowest BCUT2D eigenvalue weighted by atomic mass is 10.3. The van der Waals surface area contributed by atoms with Gasteiger partial charge in [-0.15, -0.1) is 0 Å². The normalized spacial score (nSPS) is 10.8. The van der Waals surface area contributed by atoms with Crippen molar-refractivity contribution >= 4 is 53.1 Å². The van der Waals surface area contributed by atoms with Gasteiger partial charge < -0.3 is 25.8 Å². The Labute approximate surface area is 164 Å². The molecule has 1 unspecified atom stereocenters. The summed E-state index contributed by atoms with van der Waals surface area (Å²) in [7, 11) is 0. The van der Waals surface area contributed by atoms with E-state index in [1.807, 2.05) is 0 Å². The Morgan fingerprint density at radius 2 is 1.63 bits per heavy atom. The summed E-state index contributed by atoms with van der Waals surface area (Å²) in [5, 5.41) is 4.85. The number of nitrogens with one attached hydrogen (secondary N) is 4. The molecule has 13 nitrogen and oxygen atoms in total. The molecule has 0 spiro atoms. The maximum Gasteiger partial charge on any atom is 0.408 e. The summed E-state index contributed by atoms with van der Waals surface area (Å²) in [6.45, 7) is 0.660. The fraction of sp³-hybridized carbons (Fsp3) is 0.583. The molecule has 0 saturated carbocycles. The number of halogens is 2. The number of hydrogen-bond donors (Lipinski definition) is 5. The van der Waals surface area contributed by atoms with E-state index >= 15 is 0 Å². The van der Waals surface area contributed by atoms with Gasteiger partial charge in [-0.2, -0.15) is 5.12 Å². The maximum atomic E-state index is 12.1. The third kappa shape index (κ3) is 10.9. The highest BCUT2D eigenvalue weighted by Gasteiger charge is 2.23. The molecule has 0 aromatic rings. The number of ether oxygens (including phenoxy) is 2. The molecule has 0 rings (SSSR count). The van der Waals surface area contributed by atoms with E-state index in [2.05, 4.69) is 31.0 Å². The molecule has 0 fully saturated rings. The molecule has 0 saturated heterocycles. The van der Waals surface area contributed by atoms with E-state index in [-0.39, 0.29) is 19.0 Å². The van der Waals surface area contributed by atoms with E-state index < -0.39 is 48.6 Å². The second kappa shape index (κ2) is 13.7. The Kier molecular flexibility index (Phi) is 12.4. The van der Waals surface area contributed by atoms with Crippen molar-refractivity contribution in [2.24, 2.45) is 5.73 Å². The number of nitrogens with zero attached hydrogens (tertiary/aromatic N) is 1. The molecule has 6 N–H and O–H groups in total. The fourth-order valence-corrected chi connectivity index (χ4v) is 1.55. The highest BCUT2D eigenvalue weighted by molar-refractivity contribution is 6.17. The maximum absolute atomic E-state index is 12.1. The van der Waals surface area contributed by atoms with Crippen LogP contribution in [0.25, 0.3) is 0 Å². The van der Waals surface area contributed by atoms with Crippen molar-refractivity contribution in [2.75, 3.05) is 25.2 Å². The smallest absolute Gasteiger partial charge is 0.408 e. The first-order chi connectivity index (χ1) is 12.7. The van der Waals surface area contributed by atoms with E-state index in [1.165, 1.54) is 6.92 Å². The van der Waals surface area contributed by atoms with Crippen LogP contribution in [0.1, 0.15) is 13.3 Å². The second-order valence-corrected chi connectivity index (χ2v) is 5.01. The molecule has 0 aliphatic rings. The molecule has 0 aliphatic heterocycles. The van der Waals surface area contributed by atoms with Gasteiger partial charge in [0.25, 0.3) is 17.7 Å². The molecule has 1 atom stereocenters. The van der Waals surface area contributed by atoms with Crippen LogP contribution in [0.2, 0.25) is 0 Å². The highest BCUT2D eigenvalue weighted by atomic mass is 35.5. The van der Waals surface area contributed by atoms with Crippen molar-refractivity contribution in [2.45, 2.75) is 19.4 Å². The minimum absolute atomic E-state index is 0.171. The number of alkyl halides is 2. The van der Waals surface area contributed by atoms with Crippen LogP contribution < -0.4 is 27.2 Å². The van der Waals surface area contributed by atoms with Gasteiger partial charge in [-0.25, -0.2) is 20.4 Å². The number of alkyl carbamates (subject to hydrolysis) is 2. The molecule has 27 heavy (non-hydrogen) atoms. The Hall–Kier alpha value is -2.51. The van der Waals surface area contributed by atoms with Crippen LogP contribution >= 0.6 is 23.2 Å².